The zero-order chi connectivity index (χ0) is 13.5. The van der Waals surface area contributed by atoms with Gasteiger partial charge in [-0.1, -0.05) is 0 Å². The molecule has 0 aliphatic heterocycles. The van der Waals surface area contributed by atoms with Gasteiger partial charge in [-0.15, -0.1) is 0 Å². The number of nitriles is 1. The van der Waals surface area contributed by atoms with Crippen LogP contribution in [-0.4, -0.2) is 33.4 Å². The van der Waals surface area contributed by atoms with Crippen molar-refractivity contribution in [3.05, 3.63) is 0 Å². The molecule has 0 aromatic heterocycles. The predicted octanol–water partition coefficient (Wildman–Crippen LogP) is 0.707. The van der Waals surface area contributed by atoms with Crippen LogP contribution >= 0.6 is 8.09 Å². The van der Waals surface area contributed by atoms with E-state index in [0.29, 0.717) is 0 Å². The van der Waals surface area contributed by atoms with Crippen molar-refractivity contribution in [3.8, 4) is 6.07 Å². The normalized spacial score (nSPS) is 12.5. The molecule has 0 fully saturated rings. The van der Waals surface area contributed by atoms with Crippen molar-refractivity contribution < 1.29 is 14.3 Å². The third-order valence-electron chi connectivity index (χ3n) is 1.50. The van der Waals surface area contributed by atoms with Crippen LogP contribution in [-0.2, 0) is 4.52 Å². The highest BCUT2D eigenvalue weighted by atomic mass is 31.2. The molecule has 0 aliphatic carbocycles. The summed E-state index contributed by atoms with van der Waals surface area (Å²) in [4.78, 5) is 20.8. The van der Waals surface area contributed by atoms with Gasteiger partial charge in [-0.05, 0) is 27.7 Å². The summed E-state index contributed by atoms with van der Waals surface area (Å²) in [5.41, 5.74) is 5.68. The van der Waals surface area contributed by atoms with Crippen molar-refractivity contribution in [2.24, 2.45) is 0 Å². The topological polar surface area (TPSA) is 101 Å². The van der Waals surface area contributed by atoms with Gasteiger partial charge in [0, 0.05) is 17.0 Å². The minimum atomic E-state index is -3.73. The van der Waals surface area contributed by atoms with E-state index in [1.165, 1.54) is 0 Å². The quantitative estimate of drug-likeness (QED) is 0.291. The van der Waals surface area contributed by atoms with Gasteiger partial charge >= 0.3 is 8.09 Å². The predicted molar refractivity (Wildman–Crippen MR) is 65.9 cm³/mol. The van der Waals surface area contributed by atoms with Gasteiger partial charge in [-0.3, -0.25) is 0 Å². The van der Waals surface area contributed by atoms with Gasteiger partial charge in [0.15, 0.2) is 0 Å². The smallest absolute Gasteiger partial charge is 0.199 e. The van der Waals surface area contributed by atoms with Crippen LogP contribution in [0.3, 0.4) is 0 Å². The van der Waals surface area contributed by atoms with E-state index in [1.54, 1.807) is 0 Å². The Labute approximate surface area is 103 Å². The second kappa shape index (κ2) is 7.90. The van der Waals surface area contributed by atoms with Crippen LogP contribution in [0, 0.1) is 11.3 Å². The van der Waals surface area contributed by atoms with E-state index >= 15 is 0 Å². The highest BCUT2D eigenvalue weighted by molar-refractivity contribution is 7.56. The monoisotopic (exact) mass is 265 g/mol. The number of hydrogen-bond acceptors (Lipinski definition) is 7. The molecule has 0 heterocycles. The van der Waals surface area contributed by atoms with Crippen LogP contribution in [0.2, 0.25) is 0 Å². The summed E-state index contributed by atoms with van der Waals surface area (Å²) < 4.78 is 4.93. The number of rotatable bonds is 8. The first-order chi connectivity index (χ1) is 7.79. The van der Waals surface area contributed by atoms with E-state index in [1.807, 2.05) is 33.8 Å². The molecule has 4 N–H and O–H groups in total. The lowest BCUT2D eigenvalue weighted by atomic mass is 10.4. The van der Waals surface area contributed by atoms with Gasteiger partial charge in [0.25, 0.3) is 0 Å². The number of nitrogens with one attached hydrogen (secondary N) is 2. The van der Waals surface area contributed by atoms with Crippen LogP contribution < -0.4 is 10.9 Å². The molecule has 0 aromatic rings. The second-order valence-corrected chi connectivity index (χ2v) is 5.82. The summed E-state index contributed by atoms with van der Waals surface area (Å²) in [7, 11) is -3.73. The number of nitrogens with zero attached hydrogens (tertiary/aromatic N) is 2. The van der Waals surface area contributed by atoms with Crippen molar-refractivity contribution in [1.29, 1.82) is 5.26 Å². The number of hydrogen-bond donors (Lipinski definition) is 4. The zero-order valence-electron chi connectivity index (χ0n) is 10.7. The van der Waals surface area contributed by atoms with Crippen molar-refractivity contribution >= 4 is 8.09 Å². The van der Waals surface area contributed by atoms with Crippen molar-refractivity contribution in [1.82, 2.24) is 15.7 Å². The Morgan fingerprint density at radius 2 is 1.71 bits per heavy atom. The lowest BCUT2D eigenvalue weighted by Crippen LogP contribution is -2.52. The molecule has 0 unspecified atom stereocenters. The van der Waals surface area contributed by atoms with Gasteiger partial charge in [0.05, 0.1) is 12.5 Å². The van der Waals surface area contributed by atoms with E-state index < -0.39 is 8.09 Å². The molecule has 0 rings (SSSR count). The molecule has 17 heavy (non-hydrogen) atoms. The molecule has 0 amide bonds. The van der Waals surface area contributed by atoms with Gasteiger partial charge in [0.2, 0.25) is 0 Å². The molecule has 0 saturated heterocycles. The molecule has 7 nitrogen and oxygen atoms in total. The minimum absolute atomic E-state index is 0.0134. The van der Waals surface area contributed by atoms with Crippen molar-refractivity contribution in [2.75, 3.05) is 6.61 Å². The van der Waals surface area contributed by atoms with Crippen LogP contribution in [0.1, 0.15) is 34.1 Å². The van der Waals surface area contributed by atoms with Crippen molar-refractivity contribution in [2.45, 2.75) is 46.2 Å². The Balaban J connectivity index is 4.46. The summed E-state index contributed by atoms with van der Waals surface area (Å²) in [6.07, 6.45) is 0.111. The molecule has 0 aromatic carbocycles. The summed E-state index contributed by atoms with van der Waals surface area (Å²) in [6, 6.07) is 1.90. The lowest BCUT2D eigenvalue weighted by Gasteiger charge is -2.27. The average Bonchev–Trinajstić information content (AvgIpc) is 2.15. The van der Waals surface area contributed by atoms with Crippen LogP contribution in [0.15, 0.2) is 0 Å². The molecule has 0 aliphatic rings. The van der Waals surface area contributed by atoms with E-state index in [4.69, 9.17) is 9.79 Å². The maximum atomic E-state index is 9.83. The fourth-order valence-corrected chi connectivity index (χ4v) is 2.16. The zero-order valence-corrected chi connectivity index (χ0v) is 11.6. The van der Waals surface area contributed by atoms with Crippen LogP contribution in [0.5, 0.6) is 0 Å². The first-order valence-corrected chi connectivity index (χ1v) is 7.05. The molecule has 8 heteroatoms. The van der Waals surface area contributed by atoms with E-state index in [2.05, 4.69) is 10.9 Å². The summed E-state index contributed by atoms with van der Waals surface area (Å²) in [6.45, 7) is 7.44. The standard InChI is InChI=1S/C9H22N4O3P/c1-8(2)11-13(12-9(3)4)17(14,15)16-7-5-6-10/h8-9,11-12,14-15H,5,7H2,1-4H3/q+1. The summed E-state index contributed by atoms with van der Waals surface area (Å²) in [5, 5.41) is 8.37. The van der Waals surface area contributed by atoms with Crippen LogP contribution in [0.25, 0.3) is 0 Å². The van der Waals surface area contributed by atoms with E-state index in [-0.39, 0.29) is 25.1 Å². The van der Waals surface area contributed by atoms with Crippen molar-refractivity contribution in [3.63, 3.8) is 0 Å². The molecular formula is C9H22N4O3P+. The first-order valence-electron chi connectivity index (χ1n) is 5.48. The molecule has 0 radical (unpaired) electrons. The first kappa shape index (κ1) is 16.7. The van der Waals surface area contributed by atoms with E-state index in [9.17, 15) is 9.79 Å². The summed E-state index contributed by atoms with van der Waals surface area (Å²) in [5.74, 6) is 0. The molecule has 100 valence electrons. The molecular weight excluding hydrogens is 243 g/mol. The molecule has 0 atom stereocenters. The average molecular weight is 265 g/mol. The Morgan fingerprint density at radius 1 is 1.24 bits per heavy atom. The lowest BCUT2D eigenvalue weighted by molar-refractivity contribution is 0.0908. The number of hydrazine groups is 2. The third kappa shape index (κ3) is 7.58. The highest BCUT2D eigenvalue weighted by Crippen LogP contribution is 2.52. The maximum absolute atomic E-state index is 9.83. The highest BCUT2D eigenvalue weighted by Gasteiger charge is 2.47. The molecule has 0 saturated carbocycles. The fraction of sp³-hybridized carbons (Fsp3) is 0.889. The largest absolute Gasteiger partial charge is 0.529 e. The van der Waals surface area contributed by atoms with Gasteiger partial charge in [-0.25, -0.2) is 0 Å². The summed E-state index contributed by atoms with van der Waals surface area (Å²) >= 11 is 0. The maximum Gasteiger partial charge on any atom is 0.529 e. The molecule has 0 spiro atoms. The Bertz CT molecular complexity index is 245. The van der Waals surface area contributed by atoms with Crippen LogP contribution in [0.4, 0.5) is 0 Å². The van der Waals surface area contributed by atoms with E-state index in [0.717, 1.165) is 4.89 Å². The van der Waals surface area contributed by atoms with Gasteiger partial charge in [0.1, 0.15) is 6.61 Å². The van der Waals surface area contributed by atoms with Gasteiger partial charge < -0.3 is 0 Å². The second-order valence-electron chi connectivity index (χ2n) is 4.13. The van der Waals surface area contributed by atoms with Gasteiger partial charge in [-0.2, -0.15) is 30.4 Å². The SMILES string of the molecule is CC(C)NN(NC(C)C)[P+](O)(O)OCCC#N. The molecule has 0 bridgehead atoms. The Morgan fingerprint density at radius 3 is 2.06 bits per heavy atom. The minimum Gasteiger partial charge on any atom is -0.199 e. The third-order valence-corrected chi connectivity index (χ3v) is 2.78. The Kier molecular flexibility index (Phi) is 7.75. The Hall–Kier alpha value is -0.320. The fourth-order valence-electron chi connectivity index (χ4n) is 0.948.